The fourth-order valence-electron chi connectivity index (χ4n) is 6.22. The van der Waals surface area contributed by atoms with E-state index in [9.17, 15) is 14.4 Å². The molecule has 0 bridgehead atoms. The number of halogens is 1. The first-order chi connectivity index (χ1) is 22.1. The molecule has 1 unspecified atom stereocenters. The maximum Gasteiger partial charge on any atom is 0.317 e. The van der Waals surface area contributed by atoms with Gasteiger partial charge in [-0.05, 0) is 73.8 Å². The molecular formula is C36H51ClN6O4. The summed E-state index contributed by atoms with van der Waals surface area (Å²) in [5, 5.41) is 9.77. The number of hydrogen-bond acceptors (Lipinski definition) is 5. The van der Waals surface area contributed by atoms with Gasteiger partial charge in [0, 0.05) is 38.2 Å². The monoisotopic (exact) mass is 666 g/mol. The molecule has 2 aromatic carbocycles. The van der Waals surface area contributed by atoms with Crippen molar-refractivity contribution in [2.24, 2.45) is 10.8 Å². The molecule has 4 rings (SSSR count). The Bertz CT molecular complexity index is 1600. The number of aromatic amines is 1. The van der Waals surface area contributed by atoms with E-state index in [1.165, 1.54) is 0 Å². The molecule has 1 aliphatic rings. The molecule has 47 heavy (non-hydrogen) atoms. The molecule has 11 heteroatoms. The lowest BCUT2D eigenvalue weighted by Crippen LogP contribution is -2.58. The van der Waals surface area contributed by atoms with Gasteiger partial charge in [0.05, 0.1) is 29.1 Å². The number of amides is 4. The van der Waals surface area contributed by atoms with Crippen molar-refractivity contribution in [1.29, 1.82) is 0 Å². The maximum absolute atomic E-state index is 14.0. The highest BCUT2D eigenvalue weighted by atomic mass is 35.5. The molecule has 1 aliphatic carbocycles. The third kappa shape index (κ3) is 7.75. The summed E-state index contributed by atoms with van der Waals surface area (Å²) in [7, 11) is 3.32. The zero-order chi connectivity index (χ0) is 34.7. The molecule has 0 saturated heterocycles. The summed E-state index contributed by atoms with van der Waals surface area (Å²) in [6.45, 7) is 14.7. The van der Waals surface area contributed by atoms with E-state index in [2.05, 4.69) is 27.9 Å². The molecule has 1 aromatic heterocycles. The highest BCUT2D eigenvalue weighted by Crippen LogP contribution is 2.60. The van der Waals surface area contributed by atoms with Gasteiger partial charge in [-0.1, -0.05) is 63.6 Å². The van der Waals surface area contributed by atoms with Gasteiger partial charge in [-0.2, -0.15) is 0 Å². The van der Waals surface area contributed by atoms with Gasteiger partial charge in [-0.3, -0.25) is 9.59 Å². The van der Waals surface area contributed by atoms with Crippen LogP contribution in [-0.2, 0) is 19.7 Å². The third-order valence-electron chi connectivity index (χ3n) is 9.58. The Labute approximate surface area is 283 Å². The van der Waals surface area contributed by atoms with E-state index in [1.807, 2.05) is 84.0 Å². The number of methoxy groups -OCH3 is 1. The quantitative estimate of drug-likeness (QED) is 0.176. The highest BCUT2D eigenvalue weighted by molar-refractivity contribution is 6.31. The zero-order valence-corrected chi connectivity index (χ0v) is 30.0. The number of fused-ring (bicyclic) bond motifs is 1. The van der Waals surface area contributed by atoms with Crippen LogP contribution in [0, 0.1) is 10.8 Å². The fourth-order valence-corrected chi connectivity index (χ4v) is 6.47. The number of ether oxygens (including phenoxy) is 1. The molecule has 256 valence electrons. The highest BCUT2D eigenvalue weighted by Gasteiger charge is 2.51. The van der Waals surface area contributed by atoms with Crippen LogP contribution < -0.4 is 16.0 Å². The van der Waals surface area contributed by atoms with Crippen molar-refractivity contribution in [3.8, 4) is 0 Å². The van der Waals surface area contributed by atoms with E-state index >= 15 is 0 Å². The number of benzene rings is 2. The first-order valence-corrected chi connectivity index (χ1v) is 16.8. The van der Waals surface area contributed by atoms with Crippen molar-refractivity contribution in [2.75, 3.05) is 33.9 Å². The van der Waals surface area contributed by atoms with Crippen LogP contribution in [0.3, 0.4) is 0 Å². The average Bonchev–Trinajstić information content (AvgIpc) is 3.61. The third-order valence-corrected chi connectivity index (χ3v) is 9.93. The predicted octanol–water partition coefficient (Wildman–Crippen LogP) is 6.07. The molecule has 3 aromatic rings. The number of carbonyl (C=O) groups excluding carboxylic acids is 3. The van der Waals surface area contributed by atoms with Crippen LogP contribution >= 0.6 is 11.6 Å². The summed E-state index contributed by atoms with van der Waals surface area (Å²) in [6, 6.07) is 12.0. The van der Waals surface area contributed by atoms with Gasteiger partial charge >= 0.3 is 6.03 Å². The Morgan fingerprint density at radius 1 is 1.09 bits per heavy atom. The Hall–Kier alpha value is -3.63. The van der Waals surface area contributed by atoms with E-state index in [0.29, 0.717) is 40.5 Å². The first-order valence-electron chi connectivity index (χ1n) is 16.4. The number of nitrogens with zero attached hydrogens (tertiary/aromatic N) is 2. The Morgan fingerprint density at radius 2 is 1.77 bits per heavy atom. The molecule has 1 fully saturated rings. The standard InChI is InChI=1S/C36H51ClN6O4/c1-10-38-31(44)29(34(3,4)5)42-32(45)36(7,21-47-9)22-16-17-25-26(20-22)40-30(39-25)28(41-33(46)43(8)11-2)27(35(6)18-19-35)23-14-12-13-15-24(23)37/h12-17,20,27-29H,10-11,18-19,21H2,1-9H3,(H,38,44)(H,39,40)(H,41,46)(H,42,45)/t27-,28-,29-,36?/m0/s1. The normalized spacial score (nSPS) is 17.2. The minimum Gasteiger partial charge on any atom is -0.383 e. The summed E-state index contributed by atoms with van der Waals surface area (Å²) < 4.78 is 5.57. The topological polar surface area (TPSA) is 128 Å². The van der Waals surface area contributed by atoms with E-state index in [1.54, 1.807) is 19.1 Å². The Balaban J connectivity index is 1.78. The number of carbonyl (C=O) groups is 3. The molecular weight excluding hydrogens is 616 g/mol. The molecule has 4 atom stereocenters. The largest absolute Gasteiger partial charge is 0.383 e. The number of hydrogen-bond donors (Lipinski definition) is 4. The van der Waals surface area contributed by atoms with Crippen molar-refractivity contribution in [2.45, 2.75) is 84.7 Å². The summed E-state index contributed by atoms with van der Waals surface area (Å²) in [5.41, 5.74) is 1.35. The predicted molar refractivity (Wildman–Crippen MR) is 187 cm³/mol. The summed E-state index contributed by atoms with van der Waals surface area (Å²) in [5.74, 6) is -0.0904. The summed E-state index contributed by atoms with van der Waals surface area (Å²) in [4.78, 5) is 50.5. The van der Waals surface area contributed by atoms with Crippen LogP contribution in [0.4, 0.5) is 4.79 Å². The van der Waals surface area contributed by atoms with E-state index in [4.69, 9.17) is 21.3 Å². The van der Waals surface area contributed by atoms with Crippen LogP contribution in [0.1, 0.15) is 90.2 Å². The number of rotatable bonds is 13. The Morgan fingerprint density at radius 3 is 2.34 bits per heavy atom. The van der Waals surface area contributed by atoms with Gasteiger partial charge < -0.3 is 30.6 Å². The number of aromatic nitrogens is 2. The van der Waals surface area contributed by atoms with Gasteiger partial charge in [0.15, 0.2) is 0 Å². The number of likely N-dealkylation sites (N-methyl/N-ethyl adjacent to an activating group) is 1. The van der Waals surface area contributed by atoms with Gasteiger partial charge in [0.1, 0.15) is 11.9 Å². The molecule has 1 heterocycles. The van der Waals surface area contributed by atoms with Crippen LogP contribution in [0.25, 0.3) is 11.0 Å². The SMILES string of the molecule is CCNC(=O)[C@H](NC(=O)C(C)(COC)c1ccc2nc([C@@H](NC(=O)N(C)CC)[C@H](c3ccccc3Cl)C3(C)CC3)[nH]c2c1)C(C)(C)C. The average molecular weight is 667 g/mol. The number of urea groups is 1. The number of imidazole rings is 1. The minimum absolute atomic E-state index is 0.0827. The molecule has 1 saturated carbocycles. The Kier molecular flexibility index (Phi) is 11.0. The molecule has 4 amide bonds. The molecule has 0 spiro atoms. The van der Waals surface area contributed by atoms with Crippen molar-refractivity contribution in [1.82, 2.24) is 30.8 Å². The molecule has 0 aliphatic heterocycles. The molecule has 10 nitrogen and oxygen atoms in total. The van der Waals surface area contributed by atoms with Gasteiger partial charge in [0.2, 0.25) is 11.8 Å². The minimum atomic E-state index is -1.12. The lowest BCUT2D eigenvalue weighted by molar-refractivity contribution is -0.135. The van der Waals surface area contributed by atoms with Crippen molar-refractivity contribution >= 4 is 40.5 Å². The van der Waals surface area contributed by atoms with Crippen molar-refractivity contribution in [3.05, 3.63) is 64.4 Å². The fraction of sp³-hybridized carbons (Fsp3) is 0.556. The van der Waals surface area contributed by atoms with E-state index in [-0.39, 0.29) is 35.8 Å². The smallest absolute Gasteiger partial charge is 0.317 e. The first kappa shape index (κ1) is 36.2. The van der Waals surface area contributed by atoms with Crippen molar-refractivity contribution in [3.63, 3.8) is 0 Å². The lowest BCUT2D eigenvalue weighted by Gasteiger charge is -2.35. The zero-order valence-electron chi connectivity index (χ0n) is 29.2. The number of nitrogens with one attached hydrogen (secondary N) is 4. The van der Waals surface area contributed by atoms with Crippen molar-refractivity contribution < 1.29 is 19.1 Å². The van der Waals surface area contributed by atoms with Gasteiger partial charge in [0.25, 0.3) is 0 Å². The van der Waals surface area contributed by atoms with E-state index in [0.717, 1.165) is 18.4 Å². The van der Waals surface area contributed by atoms with Gasteiger partial charge in [-0.15, -0.1) is 0 Å². The molecule has 4 N–H and O–H groups in total. The van der Waals surface area contributed by atoms with Crippen LogP contribution in [0.5, 0.6) is 0 Å². The van der Waals surface area contributed by atoms with Gasteiger partial charge in [-0.25, -0.2) is 9.78 Å². The molecule has 0 radical (unpaired) electrons. The summed E-state index contributed by atoms with van der Waals surface area (Å²) in [6.07, 6.45) is 2.00. The second kappa shape index (κ2) is 14.2. The van der Waals surface area contributed by atoms with Crippen LogP contribution in [0.15, 0.2) is 42.5 Å². The lowest BCUT2D eigenvalue weighted by atomic mass is 9.78. The summed E-state index contributed by atoms with van der Waals surface area (Å²) >= 11 is 6.79. The van der Waals surface area contributed by atoms with Crippen LogP contribution in [-0.4, -0.2) is 72.6 Å². The van der Waals surface area contributed by atoms with E-state index < -0.39 is 22.9 Å². The second-order valence-corrected chi connectivity index (χ2v) is 14.8. The maximum atomic E-state index is 14.0. The second-order valence-electron chi connectivity index (χ2n) is 14.4. The van der Waals surface area contributed by atoms with Crippen LogP contribution in [0.2, 0.25) is 5.02 Å². The number of H-pyrrole nitrogens is 1.